The number of amides is 2. The molecule has 0 aliphatic rings. The van der Waals surface area contributed by atoms with Crippen LogP contribution in [0.15, 0.2) is 48.5 Å². The maximum atomic E-state index is 12.3. The standard InChI is InChI=1S/C20H22F3N3O3/c1-13-4-6-15(7-5-13)24-18(27)12-26(3)14(2)19(28)25-16-8-10-17(11-9-16)29-20(21,22)23/h4-11,14H,12H2,1-3H3,(H,24,27)(H,25,28). The Hall–Kier alpha value is -3.07. The van der Waals surface area contributed by atoms with Gasteiger partial charge in [0.25, 0.3) is 0 Å². The van der Waals surface area contributed by atoms with Crippen molar-refractivity contribution in [2.75, 3.05) is 24.2 Å². The number of alkyl halides is 3. The Morgan fingerprint density at radius 1 is 1.00 bits per heavy atom. The number of anilines is 2. The van der Waals surface area contributed by atoms with Gasteiger partial charge in [0.1, 0.15) is 5.75 Å². The minimum atomic E-state index is -4.78. The quantitative estimate of drug-likeness (QED) is 0.730. The van der Waals surface area contributed by atoms with Crippen molar-refractivity contribution >= 4 is 23.2 Å². The van der Waals surface area contributed by atoms with E-state index in [4.69, 9.17) is 0 Å². The minimum absolute atomic E-state index is 0.0131. The number of carbonyl (C=O) groups is 2. The lowest BCUT2D eigenvalue weighted by Crippen LogP contribution is -2.43. The van der Waals surface area contributed by atoms with Crippen LogP contribution in [0.4, 0.5) is 24.5 Å². The molecule has 0 radical (unpaired) electrons. The summed E-state index contributed by atoms with van der Waals surface area (Å²) < 4.78 is 40.3. The molecule has 2 N–H and O–H groups in total. The van der Waals surface area contributed by atoms with E-state index in [2.05, 4.69) is 15.4 Å². The summed E-state index contributed by atoms with van der Waals surface area (Å²) in [5.41, 5.74) is 2.05. The van der Waals surface area contributed by atoms with Crippen LogP contribution in [-0.2, 0) is 9.59 Å². The molecule has 1 atom stereocenters. The molecule has 1 unspecified atom stereocenters. The third kappa shape index (κ3) is 7.46. The highest BCUT2D eigenvalue weighted by Crippen LogP contribution is 2.24. The fourth-order valence-electron chi connectivity index (χ4n) is 2.39. The highest BCUT2D eigenvalue weighted by molar-refractivity contribution is 5.96. The van der Waals surface area contributed by atoms with Crippen molar-refractivity contribution in [3.8, 4) is 5.75 Å². The van der Waals surface area contributed by atoms with E-state index in [0.29, 0.717) is 11.4 Å². The molecule has 9 heteroatoms. The number of rotatable bonds is 7. The SMILES string of the molecule is Cc1ccc(NC(=O)CN(C)C(C)C(=O)Nc2ccc(OC(F)(F)F)cc2)cc1. The van der Waals surface area contributed by atoms with Gasteiger partial charge >= 0.3 is 6.36 Å². The van der Waals surface area contributed by atoms with Crippen molar-refractivity contribution in [3.05, 3.63) is 54.1 Å². The van der Waals surface area contributed by atoms with Crippen LogP contribution >= 0.6 is 0 Å². The van der Waals surface area contributed by atoms with Crippen LogP contribution < -0.4 is 15.4 Å². The van der Waals surface area contributed by atoms with Gasteiger partial charge in [-0.05, 0) is 57.3 Å². The van der Waals surface area contributed by atoms with E-state index in [1.54, 1.807) is 31.0 Å². The molecule has 0 saturated heterocycles. The second-order valence-electron chi connectivity index (χ2n) is 6.57. The van der Waals surface area contributed by atoms with Crippen molar-refractivity contribution in [2.24, 2.45) is 0 Å². The van der Waals surface area contributed by atoms with Crippen molar-refractivity contribution in [2.45, 2.75) is 26.3 Å². The summed E-state index contributed by atoms with van der Waals surface area (Å²) in [6.07, 6.45) is -4.78. The van der Waals surface area contributed by atoms with Crippen molar-refractivity contribution in [3.63, 3.8) is 0 Å². The van der Waals surface area contributed by atoms with Crippen LogP contribution in [0.3, 0.4) is 0 Å². The lowest BCUT2D eigenvalue weighted by atomic mass is 10.2. The lowest BCUT2D eigenvalue weighted by Gasteiger charge is -2.23. The average molecular weight is 409 g/mol. The van der Waals surface area contributed by atoms with Gasteiger partial charge in [-0.1, -0.05) is 17.7 Å². The van der Waals surface area contributed by atoms with Gasteiger partial charge in [0.2, 0.25) is 11.8 Å². The Labute approximate surface area is 166 Å². The van der Waals surface area contributed by atoms with Crippen LogP contribution in [0.5, 0.6) is 5.75 Å². The molecule has 2 rings (SSSR count). The number of hydrogen-bond donors (Lipinski definition) is 2. The van der Waals surface area contributed by atoms with Gasteiger partial charge in [-0.15, -0.1) is 13.2 Å². The largest absolute Gasteiger partial charge is 0.573 e. The zero-order chi connectivity index (χ0) is 21.6. The number of benzene rings is 2. The molecule has 0 saturated carbocycles. The zero-order valence-corrected chi connectivity index (χ0v) is 16.2. The number of halogens is 3. The molecule has 0 aromatic heterocycles. The number of carbonyl (C=O) groups excluding carboxylic acids is 2. The first kappa shape index (κ1) is 22.2. The number of nitrogens with zero attached hydrogens (tertiary/aromatic N) is 1. The minimum Gasteiger partial charge on any atom is -0.406 e. The van der Waals surface area contributed by atoms with Crippen molar-refractivity contribution < 1.29 is 27.5 Å². The monoisotopic (exact) mass is 409 g/mol. The maximum absolute atomic E-state index is 12.3. The van der Waals surface area contributed by atoms with E-state index in [1.165, 1.54) is 12.1 Å². The molecule has 0 heterocycles. The number of likely N-dealkylation sites (N-methyl/N-ethyl adjacent to an activating group) is 1. The van der Waals surface area contributed by atoms with Gasteiger partial charge in [-0.2, -0.15) is 0 Å². The summed E-state index contributed by atoms with van der Waals surface area (Å²) in [6, 6.07) is 11.5. The summed E-state index contributed by atoms with van der Waals surface area (Å²) >= 11 is 0. The van der Waals surface area contributed by atoms with E-state index in [-0.39, 0.29) is 18.2 Å². The van der Waals surface area contributed by atoms with E-state index in [9.17, 15) is 22.8 Å². The van der Waals surface area contributed by atoms with Gasteiger partial charge in [0.05, 0.1) is 12.6 Å². The Balaban J connectivity index is 1.86. The molecule has 0 aliphatic carbocycles. The number of ether oxygens (including phenoxy) is 1. The fraction of sp³-hybridized carbons (Fsp3) is 0.300. The van der Waals surface area contributed by atoms with E-state index >= 15 is 0 Å². The van der Waals surface area contributed by atoms with Crippen molar-refractivity contribution in [1.29, 1.82) is 0 Å². The fourth-order valence-corrected chi connectivity index (χ4v) is 2.39. The van der Waals surface area contributed by atoms with Gasteiger partial charge in [0, 0.05) is 11.4 Å². The third-order valence-corrected chi connectivity index (χ3v) is 4.12. The molecule has 2 aromatic rings. The number of nitrogens with one attached hydrogen (secondary N) is 2. The van der Waals surface area contributed by atoms with Crippen LogP contribution in [-0.4, -0.2) is 42.7 Å². The molecule has 0 spiro atoms. The Morgan fingerprint density at radius 3 is 2.07 bits per heavy atom. The predicted octanol–water partition coefficient (Wildman–Crippen LogP) is 3.79. The summed E-state index contributed by atoms with van der Waals surface area (Å²) in [6.45, 7) is 3.55. The summed E-state index contributed by atoms with van der Waals surface area (Å²) in [5.74, 6) is -1.06. The topological polar surface area (TPSA) is 70.7 Å². The number of aryl methyl sites for hydroxylation is 1. The first-order valence-corrected chi connectivity index (χ1v) is 8.77. The Bertz CT molecular complexity index is 837. The van der Waals surface area contributed by atoms with E-state index in [1.807, 2.05) is 19.1 Å². The average Bonchev–Trinajstić information content (AvgIpc) is 2.63. The number of hydrogen-bond acceptors (Lipinski definition) is 4. The van der Waals surface area contributed by atoms with Gasteiger partial charge in [-0.3, -0.25) is 14.5 Å². The molecular formula is C20H22F3N3O3. The summed E-state index contributed by atoms with van der Waals surface area (Å²) in [4.78, 5) is 26.1. The molecule has 2 amide bonds. The molecule has 29 heavy (non-hydrogen) atoms. The molecule has 6 nitrogen and oxygen atoms in total. The molecular weight excluding hydrogens is 387 g/mol. The second kappa shape index (κ2) is 9.42. The van der Waals surface area contributed by atoms with Crippen LogP contribution in [0.1, 0.15) is 12.5 Å². The molecule has 2 aromatic carbocycles. The van der Waals surface area contributed by atoms with E-state index < -0.39 is 18.3 Å². The maximum Gasteiger partial charge on any atom is 0.573 e. The smallest absolute Gasteiger partial charge is 0.406 e. The van der Waals surface area contributed by atoms with Gasteiger partial charge in [-0.25, -0.2) is 0 Å². The second-order valence-corrected chi connectivity index (χ2v) is 6.57. The van der Waals surface area contributed by atoms with Gasteiger partial charge in [0.15, 0.2) is 0 Å². The Morgan fingerprint density at radius 2 is 1.52 bits per heavy atom. The van der Waals surface area contributed by atoms with Crippen LogP contribution in [0.25, 0.3) is 0 Å². The molecule has 0 aliphatic heterocycles. The lowest BCUT2D eigenvalue weighted by molar-refractivity contribution is -0.274. The third-order valence-electron chi connectivity index (χ3n) is 4.12. The highest BCUT2D eigenvalue weighted by atomic mass is 19.4. The van der Waals surface area contributed by atoms with Crippen LogP contribution in [0.2, 0.25) is 0 Å². The first-order chi connectivity index (χ1) is 13.5. The normalized spacial score (nSPS) is 12.4. The Kier molecular flexibility index (Phi) is 7.22. The molecule has 156 valence electrons. The summed E-state index contributed by atoms with van der Waals surface area (Å²) in [7, 11) is 1.62. The molecule has 0 fully saturated rings. The highest BCUT2D eigenvalue weighted by Gasteiger charge is 2.31. The van der Waals surface area contributed by atoms with Gasteiger partial charge < -0.3 is 15.4 Å². The van der Waals surface area contributed by atoms with Crippen molar-refractivity contribution in [1.82, 2.24) is 4.90 Å². The van der Waals surface area contributed by atoms with Crippen LogP contribution in [0, 0.1) is 6.92 Å². The summed E-state index contributed by atoms with van der Waals surface area (Å²) in [5, 5.41) is 5.34. The first-order valence-electron chi connectivity index (χ1n) is 8.77. The zero-order valence-electron chi connectivity index (χ0n) is 16.2. The predicted molar refractivity (Wildman–Crippen MR) is 104 cm³/mol. The molecule has 0 bridgehead atoms. The van der Waals surface area contributed by atoms with E-state index in [0.717, 1.165) is 17.7 Å².